The molecule has 0 aliphatic carbocycles. The Labute approximate surface area is 143 Å². The molecule has 22 heavy (non-hydrogen) atoms. The number of thioether (sulfide) groups is 1. The standard InChI is InChI=1S/C19H21NS.ClH/c1-3-7-15(8-4-1)19(16-9-5-2-6-10-16)11-12-21-18-14-20-13-17(18)19;/h1-10,17-18,20H,11-14H2;1H. The molecule has 2 aliphatic rings. The van der Waals surface area contributed by atoms with Gasteiger partial charge < -0.3 is 5.32 Å². The van der Waals surface area contributed by atoms with Crippen LogP contribution in [0.25, 0.3) is 0 Å². The van der Waals surface area contributed by atoms with Gasteiger partial charge in [0, 0.05) is 23.8 Å². The molecule has 3 heteroatoms. The quantitative estimate of drug-likeness (QED) is 0.888. The first kappa shape index (κ1) is 15.9. The first-order chi connectivity index (χ1) is 10.4. The highest BCUT2D eigenvalue weighted by atomic mass is 35.5. The number of rotatable bonds is 2. The van der Waals surface area contributed by atoms with Crippen LogP contribution in [0.3, 0.4) is 0 Å². The van der Waals surface area contributed by atoms with Crippen molar-refractivity contribution in [3.05, 3.63) is 71.8 Å². The summed E-state index contributed by atoms with van der Waals surface area (Å²) in [6, 6.07) is 22.4. The maximum Gasteiger partial charge on any atom is 0.0262 e. The molecule has 2 aromatic rings. The van der Waals surface area contributed by atoms with Crippen LogP contribution in [0, 0.1) is 5.92 Å². The van der Waals surface area contributed by atoms with Crippen LogP contribution in [-0.2, 0) is 5.41 Å². The Morgan fingerprint density at radius 1 is 0.864 bits per heavy atom. The molecule has 0 saturated carbocycles. The van der Waals surface area contributed by atoms with Gasteiger partial charge in [0.2, 0.25) is 0 Å². The number of nitrogens with one attached hydrogen (secondary N) is 1. The fourth-order valence-corrected chi connectivity index (χ4v) is 5.77. The van der Waals surface area contributed by atoms with Gasteiger partial charge in [-0.3, -0.25) is 0 Å². The highest BCUT2D eigenvalue weighted by Gasteiger charge is 2.49. The van der Waals surface area contributed by atoms with E-state index in [4.69, 9.17) is 0 Å². The number of hydrogen-bond acceptors (Lipinski definition) is 2. The van der Waals surface area contributed by atoms with Crippen LogP contribution in [0.1, 0.15) is 17.5 Å². The van der Waals surface area contributed by atoms with E-state index in [0.29, 0.717) is 5.92 Å². The van der Waals surface area contributed by atoms with E-state index in [1.165, 1.54) is 23.3 Å². The zero-order valence-electron chi connectivity index (χ0n) is 12.6. The molecule has 2 atom stereocenters. The minimum absolute atomic E-state index is 0. The van der Waals surface area contributed by atoms with Crippen LogP contribution in [0.5, 0.6) is 0 Å². The Bertz CT molecular complexity index is 562. The second kappa shape index (κ2) is 6.66. The van der Waals surface area contributed by atoms with E-state index in [0.717, 1.165) is 18.3 Å². The van der Waals surface area contributed by atoms with Gasteiger partial charge in [0.05, 0.1) is 0 Å². The molecule has 0 radical (unpaired) electrons. The summed E-state index contributed by atoms with van der Waals surface area (Å²) in [5.41, 5.74) is 3.17. The van der Waals surface area contributed by atoms with Crippen LogP contribution in [-0.4, -0.2) is 24.1 Å². The van der Waals surface area contributed by atoms with Crippen molar-refractivity contribution < 1.29 is 0 Å². The minimum atomic E-state index is 0. The summed E-state index contributed by atoms with van der Waals surface area (Å²) in [5.74, 6) is 1.95. The third-order valence-corrected chi connectivity index (χ3v) is 6.56. The van der Waals surface area contributed by atoms with E-state index >= 15 is 0 Å². The van der Waals surface area contributed by atoms with Crippen LogP contribution >= 0.6 is 24.2 Å². The lowest BCUT2D eigenvalue weighted by molar-refractivity contribution is 0.329. The van der Waals surface area contributed by atoms with Crippen LogP contribution in [0.2, 0.25) is 0 Å². The van der Waals surface area contributed by atoms with Gasteiger partial charge in [0.1, 0.15) is 0 Å². The van der Waals surface area contributed by atoms with Gasteiger partial charge >= 0.3 is 0 Å². The molecule has 0 amide bonds. The molecule has 0 aromatic heterocycles. The number of hydrogen-bond donors (Lipinski definition) is 1. The smallest absolute Gasteiger partial charge is 0.0262 e. The fourth-order valence-electron chi connectivity index (χ4n) is 4.23. The molecule has 2 unspecified atom stereocenters. The molecule has 2 saturated heterocycles. The minimum Gasteiger partial charge on any atom is -0.315 e. The van der Waals surface area contributed by atoms with E-state index in [1.807, 2.05) is 0 Å². The van der Waals surface area contributed by atoms with Crippen LogP contribution in [0.15, 0.2) is 60.7 Å². The Kier molecular flexibility index (Phi) is 4.82. The van der Waals surface area contributed by atoms with Gasteiger partial charge in [-0.05, 0) is 29.2 Å². The van der Waals surface area contributed by atoms with Crippen molar-refractivity contribution in [2.45, 2.75) is 17.1 Å². The molecule has 1 nitrogen and oxygen atoms in total. The molecule has 1 N–H and O–H groups in total. The molecule has 2 heterocycles. The van der Waals surface area contributed by atoms with Crippen molar-refractivity contribution in [3.63, 3.8) is 0 Å². The first-order valence-electron chi connectivity index (χ1n) is 7.84. The van der Waals surface area contributed by atoms with Crippen molar-refractivity contribution in [2.24, 2.45) is 5.92 Å². The number of fused-ring (bicyclic) bond motifs is 1. The van der Waals surface area contributed by atoms with Gasteiger partial charge in [-0.15, -0.1) is 12.4 Å². The highest BCUT2D eigenvalue weighted by molar-refractivity contribution is 8.00. The van der Waals surface area contributed by atoms with E-state index in [2.05, 4.69) is 77.7 Å². The van der Waals surface area contributed by atoms with Gasteiger partial charge in [0.25, 0.3) is 0 Å². The van der Waals surface area contributed by atoms with E-state index in [1.54, 1.807) is 0 Å². The molecule has 2 fully saturated rings. The summed E-state index contributed by atoms with van der Waals surface area (Å²) < 4.78 is 0. The second-order valence-electron chi connectivity index (χ2n) is 6.13. The third-order valence-electron chi connectivity index (χ3n) is 5.20. The summed E-state index contributed by atoms with van der Waals surface area (Å²) >= 11 is 2.16. The van der Waals surface area contributed by atoms with E-state index in [9.17, 15) is 0 Å². The van der Waals surface area contributed by atoms with Crippen LogP contribution < -0.4 is 5.32 Å². The van der Waals surface area contributed by atoms with Gasteiger partial charge in [-0.25, -0.2) is 0 Å². The highest BCUT2D eigenvalue weighted by Crippen LogP contribution is 2.51. The zero-order chi connectivity index (χ0) is 14.1. The first-order valence-corrected chi connectivity index (χ1v) is 8.89. The van der Waals surface area contributed by atoms with E-state index < -0.39 is 0 Å². The Morgan fingerprint density at radius 2 is 1.45 bits per heavy atom. The third kappa shape index (κ3) is 2.47. The topological polar surface area (TPSA) is 12.0 Å². The summed E-state index contributed by atoms with van der Waals surface area (Å²) in [6.45, 7) is 2.30. The molecular weight excluding hydrogens is 310 g/mol. The number of halogens is 1. The van der Waals surface area contributed by atoms with Crippen molar-refractivity contribution in [2.75, 3.05) is 18.8 Å². The average Bonchev–Trinajstić information content (AvgIpc) is 3.05. The maximum atomic E-state index is 3.64. The second-order valence-corrected chi connectivity index (χ2v) is 7.47. The van der Waals surface area contributed by atoms with Gasteiger partial charge in [0.15, 0.2) is 0 Å². The lowest BCUT2D eigenvalue weighted by Gasteiger charge is -2.46. The number of benzene rings is 2. The summed E-state index contributed by atoms with van der Waals surface area (Å²) in [6.07, 6.45) is 1.24. The fraction of sp³-hybridized carbons (Fsp3) is 0.368. The van der Waals surface area contributed by atoms with Gasteiger partial charge in [-0.1, -0.05) is 60.7 Å². The SMILES string of the molecule is Cl.c1ccc(C2(c3ccccc3)CCSC3CNCC32)cc1. The summed E-state index contributed by atoms with van der Waals surface area (Å²) in [5, 5.41) is 4.39. The Hall–Kier alpha value is -0.960. The van der Waals surface area contributed by atoms with Crippen molar-refractivity contribution in [1.82, 2.24) is 5.32 Å². The normalized spacial score (nSPS) is 26.0. The van der Waals surface area contributed by atoms with Crippen molar-refractivity contribution >= 4 is 24.2 Å². The van der Waals surface area contributed by atoms with E-state index in [-0.39, 0.29) is 17.8 Å². The summed E-state index contributed by atoms with van der Waals surface area (Å²) in [4.78, 5) is 0. The van der Waals surface area contributed by atoms with Crippen molar-refractivity contribution in [3.8, 4) is 0 Å². The van der Waals surface area contributed by atoms with Crippen molar-refractivity contribution in [1.29, 1.82) is 0 Å². The molecule has 2 aromatic carbocycles. The van der Waals surface area contributed by atoms with Crippen LogP contribution in [0.4, 0.5) is 0 Å². The Morgan fingerprint density at radius 3 is 2.05 bits per heavy atom. The lowest BCUT2D eigenvalue weighted by atomic mass is 9.63. The summed E-state index contributed by atoms with van der Waals surface area (Å²) in [7, 11) is 0. The monoisotopic (exact) mass is 331 g/mol. The maximum absolute atomic E-state index is 3.64. The predicted octanol–water partition coefficient (Wildman–Crippen LogP) is 4.12. The zero-order valence-corrected chi connectivity index (χ0v) is 14.2. The lowest BCUT2D eigenvalue weighted by Crippen LogP contribution is -2.45. The van der Waals surface area contributed by atoms with Gasteiger partial charge in [-0.2, -0.15) is 11.8 Å². The molecule has 2 aliphatic heterocycles. The largest absolute Gasteiger partial charge is 0.315 e. The Balaban J connectivity index is 0.00000144. The molecule has 0 spiro atoms. The molecular formula is C19H22ClNS. The average molecular weight is 332 g/mol. The predicted molar refractivity (Wildman–Crippen MR) is 98.1 cm³/mol. The molecule has 4 rings (SSSR count). The molecule has 116 valence electrons. The molecule has 0 bridgehead atoms.